The van der Waals surface area contributed by atoms with E-state index < -0.39 is 5.91 Å². The van der Waals surface area contributed by atoms with Crippen molar-refractivity contribution in [1.29, 1.82) is 0 Å². The lowest BCUT2D eigenvalue weighted by atomic mass is 10.1. The number of nitrogens with one attached hydrogen (secondary N) is 1. The van der Waals surface area contributed by atoms with Crippen molar-refractivity contribution in [1.82, 2.24) is 5.43 Å². The Hall–Kier alpha value is -1.86. The van der Waals surface area contributed by atoms with Crippen molar-refractivity contribution in [2.24, 2.45) is 5.10 Å². The number of hydrogen-bond donors (Lipinski definition) is 3. The second-order valence-electron chi connectivity index (χ2n) is 4.99. The molecule has 2 aromatic carbocycles. The fourth-order valence-corrected chi connectivity index (χ4v) is 3.18. The van der Waals surface area contributed by atoms with E-state index >= 15 is 0 Å². The third-order valence-electron chi connectivity index (χ3n) is 3.17. The number of rotatable bonds is 3. The number of phenols is 2. The minimum absolute atomic E-state index is 0.0279. The number of hydrazone groups is 1. The molecule has 0 aliphatic rings. The molecule has 120 valence electrons. The second-order valence-corrected chi connectivity index (χ2v) is 6.70. The Balaban J connectivity index is 2.13. The molecule has 2 aromatic rings. The van der Waals surface area contributed by atoms with E-state index in [0.717, 1.165) is 16.7 Å². The smallest absolute Gasteiger partial charge is 0.271 e. The van der Waals surface area contributed by atoms with Gasteiger partial charge in [0.25, 0.3) is 5.91 Å². The number of benzene rings is 2. The van der Waals surface area contributed by atoms with Crippen molar-refractivity contribution in [2.75, 3.05) is 0 Å². The Labute approximate surface area is 150 Å². The van der Waals surface area contributed by atoms with Gasteiger partial charge in [-0.05, 0) is 86.7 Å². The summed E-state index contributed by atoms with van der Waals surface area (Å²) in [5.41, 5.74) is 5.01. The zero-order valence-electron chi connectivity index (χ0n) is 12.4. The fraction of sp³-hybridized carbons (Fsp3) is 0.125. The summed E-state index contributed by atoms with van der Waals surface area (Å²) < 4.78 is 0.816. The third-order valence-corrected chi connectivity index (χ3v) is 4.38. The van der Waals surface area contributed by atoms with Crippen LogP contribution in [0.4, 0.5) is 0 Å². The van der Waals surface area contributed by atoms with Crippen molar-refractivity contribution >= 4 is 44.0 Å². The van der Waals surface area contributed by atoms with Crippen molar-refractivity contribution in [3.8, 4) is 11.5 Å². The molecule has 0 radical (unpaired) electrons. The summed E-state index contributed by atoms with van der Waals surface area (Å²) >= 11 is 6.34. The average molecular weight is 442 g/mol. The lowest BCUT2D eigenvalue weighted by Gasteiger charge is -2.06. The van der Waals surface area contributed by atoms with Gasteiger partial charge in [0.15, 0.2) is 0 Å². The predicted octanol–water partition coefficient (Wildman–Crippen LogP) is 4.00. The summed E-state index contributed by atoms with van der Waals surface area (Å²) in [4.78, 5) is 12.1. The lowest BCUT2D eigenvalue weighted by molar-refractivity contribution is 0.0955. The molecule has 0 atom stereocenters. The first-order valence-electron chi connectivity index (χ1n) is 6.61. The third kappa shape index (κ3) is 4.11. The summed E-state index contributed by atoms with van der Waals surface area (Å²) in [5, 5.41) is 23.3. The van der Waals surface area contributed by atoms with E-state index in [9.17, 15) is 15.0 Å². The number of carbonyl (C=O) groups is 1. The first-order valence-corrected chi connectivity index (χ1v) is 8.20. The molecule has 0 aliphatic carbocycles. The summed E-state index contributed by atoms with van der Waals surface area (Å²) in [7, 11) is 0. The van der Waals surface area contributed by atoms with E-state index in [0.29, 0.717) is 14.5 Å². The van der Waals surface area contributed by atoms with Crippen LogP contribution in [0.25, 0.3) is 0 Å². The van der Waals surface area contributed by atoms with Gasteiger partial charge in [0.2, 0.25) is 0 Å². The molecule has 7 heteroatoms. The van der Waals surface area contributed by atoms with E-state index in [4.69, 9.17) is 0 Å². The van der Waals surface area contributed by atoms with Gasteiger partial charge in [-0.25, -0.2) is 5.43 Å². The molecule has 0 bridgehead atoms. The molecule has 2 rings (SSSR count). The Kier molecular flexibility index (Phi) is 5.43. The normalized spacial score (nSPS) is 11.0. The molecule has 0 heterocycles. The molecule has 5 nitrogen and oxygen atoms in total. The van der Waals surface area contributed by atoms with Crippen molar-refractivity contribution in [2.45, 2.75) is 13.8 Å². The van der Waals surface area contributed by atoms with Gasteiger partial charge in [0.1, 0.15) is 11.5 Å². The summed E-state index contributed by atoms with van der Waals surface area (Å²) in [5.74, 6) is -0.125. The Morgan fingerprint density at radius 3 is 2.09 bits per heavy atom. The van der Waals surface area contributed by atoms with Gasteiger partial charge in [0, 0.05) is 5.56 Å². The van der Waals surface area contributed by atoms with Gasteiger partial charge >= 0.3 is 0 Å². The summed E-state index contributed by atoms with van der Waals surface area (Å²) in [6.07, 6.45) is 1.50. The van der Waals surface area contributed by atoms with Crippen LogP contribution in [-0.4, -0.2) is 22.3 Å². The standard InChI is InChI=1S/C16H14Br2N2O3/c1-8-3-10(4-9(2)14(8)21)7-19-20-16(23)11-5-12(17)15(22)13(18)6-11/h3-7,21-22H,1-2H3,(H,20,23)/b19-7+. The molecule has 0 fully saturated rings. The van der Waals surface area contributed by atoms with Crippen molar-refractivity contribution in [3.05, 3.63) is 55.5 Å². The molecule has 0 aromatic heterocycles. The monoisotopic (exact) mass is 440 g/mol. The van der Waals surface area contributed by atoms with Crippen LogP contribution in [0.5, 0.6) is 11.5 Å². The number of nitrogens with zero attached hydrogens (tertiary/aromatic N) is 1. The minimum Gasteiger partial charge on any atom is -0.507 e. The molecular formula is C16H14Br2N2O3. The highest BCUT2D eigenvalue weighted by Gasteiger charge is 2.11. The van der Waals surface area contributed by atoms with E-state index in [1.54, 1.807) is 26.0 Å². The topological polar surface area (TPSA) is 81.9 Å². The van der Waals surface area contributed by atoms with Gasteiger partial charge in [-0.3, -0.25) is 4.79 Å². The van der Waals surface area contributed by atoms with Crippen molar-refractivity contribution in [3.63, 3.8) is 0 Å². The number of halogens is 2. The SMILES string of the molecule is Cc1cc(/C=N/NC(=O)c2cc(Br)c(O)c(Br)c2)cc(C)c1O. The van der Waals surface area contributed by atoms with Crippen LogP contribution in [0.2, 0.25) is 0 Å². The van der Waals surface area contributed by atoms with Crippen LogP contribution >= 0.6 is 31.9 Å². The molecule has 0 unspecified atom stereocenters. The number of aryl methyl sites for hydroxylation is 2. The highest BCUT2D eigenvalue weighted by Crippen LogP contribution is 2.33. The largest absolute Gasteiger partial charge is 0.507 e. The quantitative estimate of drug-likeness (QED) is 0.497. The van der Waals surface area contributed by atoms with Crippen LogP contribution in [0.3, 0.4) is 0 Å². The average Bonchev–Trinajstić information content (AvgIpc) is 2.49. The maximum absolute atomic E-state index is 12.1. The van der Waals surface area contributed by atoms with Gasteiger partial charge in [-0.2, -0.15) is 5.10 Å². The predicted molar refractivity (Wildman–Crippen MR) is 96.1 cm³/mol. The first kappa shape index (κ1) is 17.5. The Morgan fingerprint density at radius 2 is 1.57 bits per heavy atom. The van der Waals surface area contributed by atoms with Crippen LogP contribution < -0.4 is 5.43 Å². The van der Waals surface area contributed by atoms with E-state index in [1.807, 2.05) is 0 Å². The summed E-state index contributed by atoms with van der Waals surface area (Å²) in [6.45, 7) is 3.59. The molecule has 0 aliphatic heterocycles. The Bertz CT molecular complexity index is 758. The summed E-state index contributed by atoms with van der Waals surface area (Å²) in [6, 6.07) is 6.54. The number of aromatic hydroxyl groups is 2. The first-order chi connectivity index (χ1) is 10.8. The molecule has 1 amide bonds. The van der Waals surface area contributed by atoms with Gasteiger partial charge in [-0.1, -0.05) is 0 Å². The molecule has 3 N–H and O–H groups in total. The van der Waals surface area contributed by atoms with Gasteiger partial charge in [0.05, 0.1) is 15.2 Å². The van der Waals surface area contributed by atoms with E-state index in [2.05, 4.69) is 42.4 Å². The number of hydrogen-bond acceptors (Lipinski definition) is 4. The molecule has 0 saturated carbocycles. The number of carbonyl (C=O) groups excluding carboxylic acids is 1. The lowest BCUT2D eigenvalue weighted by Crippen LogP contribution is -2.17. The zero-order valence-corrected chi connectivity index (χ0v) is 15.6. The van der Waals surface area contributed by atoms with Gasteiger partial charge < -0.3 is 10.2 Å². The maximum Gasteiger partial charge on any atom is 0.271 e. The van der Waals surface area contributed by atoms with Crippen LogP contribution in [0.15, 0.2) is 38.3 Å². The second kappa shape index (κ2) is 7.14. The van der Waals surface area contributed by atoms with Crippen molar-refractivity contribution < 1.29 is 15.0 Å². The van der Waals surface area contributed by atoms with Crippen LogP contribution in [0.1, 0.15) is 27.0 Å². The van der Waals surface area contributed by atoms with Crippen LogP contribution in [-0.2, 0) is 0 Å². The maximum atomic E-state index is 12.1. The highest BCUT2D eigenvalue weighted by atomic mass is 79.9. The fourth-order valence-electron chi connectivity index (χ4n) is 1.99. The number of amides is 1. The zero-order chi connectivity index (χ0) is 17.1. The van der Waals surface area contributed by atoms with E-state index in [1.165, 1.54) is 18.3 Å². The Morgan fingerprint density at radius 1 is 1.04 bits per heavy atom. The molecular weight excluding hydrogens is 428 g/mol. The van der Waals surface area contributed by atoms with Crippen LogP contribution in [0, 0.1) is 13.8 Å². The number of phenolic OH excluding ortho intramolecular Hbond substituents is 2. The highest BCUT2D eigenvalue weighted by molar-refractivity contribution is 9.11. The molecule has 23 heavy (non-hydrogen) atoms. The van der Waals surface area contributed by atoms with E-state index in [-0.39, 0.29) is 11.5 Å². The van der Waals surface area contributed by atoms with Gasteiger partial charge in [-0.15, -0.1) is 0 Å². The molecule has 0 spiro atoms. The molecule has 0 saturated heterocycles. The minimum atomic E-state index is -0.408.